The molecule has 1 unspecified atom stereocenters. The third-order valence-corrected chi connectivity index (χ3v) is 8.91. The molecule has 0 radical (unpaired) electrons. The first-order valence-electron chi connectivity index (χ1n) is 11.3. The number of rotatable bonds is 8. The lowest BCUT2D eigenvalue weighted by molar-refractivity contribution is -0.120. The van der Waals surface area contributed by atoms with E-state index in [0.717, 1.165) is 35.0 Å². The molecular formula is C26H33ClN2O3Si. The number of fused-ring (bicyclic) bond motifs is 1. The van der Waals surface area contributed by atoms with Gasteiger partial charge in [0.2, 0.25) is 5.91 Å². The van der Waals surface area contributed by atoms with Gasteiger partial charge in [-0.25, -0.2) is 0 Å². The largest absolute Gasteiger partial charge is 0.497 e. The topological polar surface area (TPSA) is 60.3 Å². The summed E-state index contributed by atoms with van der Waals surface area (Å²) in [6.45, 7) is 10.9. The minimum Gasteiger partial charge on any atom is -0.497 e. The molecule has 5 nitrogen and oxygen atoms in total. The standard InChI is InChI=1S/C26H33ClN2O3Si/c1-7-8-25(33(4,5)6)28-24(30)16-21-17(2)29(23-14-13-20(32-3)15-22(21)23)26(31)18-9-11-19(27)12-10-18/h9-15,25H,7-8,16H2,1-6H3,(H,28,30). The van der Waals surface area contributed by atoms with Gasteiger partial charge in [0.05, 0.1) is 27.1 Å². The van der Waals surface area contributed by atoms with E-state index in [1.807, 2.05) is 25.1 Å². The number of hydrogen-bond donors (Lipinski definition) is 1. The second-order valence-corrected chi connectivity index (χ2v) is 15.4. The molecule has 0 bridgehead atoms. The van der Waals surface area contributed by atoms with Gasteiger partial charge in [-0.2, -0.15) is 0 Å². The number of ether oxygens (including phenoxy) is 1. The van der Waals surface area contributed by atoms with Gasteiger partial charge in [0, 0.05) is 27.3 Å². The summed E-state index contributed by atoms with van der Waals surface area (Å²) in [4.78, 5) is 26.6. The number of amides is 1. The SMILES string of the molecule is CCCC(NC(=O)Cc1c(C)n(C(=O)c2ccc(Cl)cc2)c2ccc(OC)cc12)[Si](C)(C)C. The number of aromatic nitrogens is 1. The minimum absolute atomic E-state index is 0.0141. The van der Waals surface area contributed by atoms with Crippen LogP contribution in [0.2, 0.25) is 24.7 Å². The van der Waals surface area contributed by atoms with Gasteiger partial charge < -0.3 is 10.1 Å². The van der Waals surface area contributed by atoms with Gasteiger partial charge >= 0.3 is 0 Å². The van der Waals surface area contributed by atoms with Crippen LogP contribution in [0.5, 0.6) is 5.75 Å². The lowest BCUT2D eigenvalue weighted by Crippen LogP contribution is -2.51. The third-order valence-electron chi connectivity index (χ3n) is 6.13. The van der Waals surface area contributed by atoms with Crippen molar-refractivity contribution < 1.29 is 14.3 Å². The molecular weight excluding hydrogens is 452 g/mol. The van der Waals surface area contributed by atoms with Gasteiger partial charge in [0.15, 0.2) is 0 Å². The van der Waals surface area contributed by atoms with Crippen LogP contribution in [-0.4, -0.2) is 37.2 Å². The summed E-state index contributed by atoms with van der Waals surface area (Å²) in [6, 6.07) is 12.5. The van der Waals surface area contributed by atoms with Gasteiger partial charge in [-0.05, 0) is 61.4 Å². The zero-order valence-corrected chi connectivity index (χ0v) is 22.0. The lowest BCUT2D eigenvalue weighted by atomic mass is 10.1. The Morgan fingerprint density at radius 1 is 1.12 bits per heavy atom. The van der Waals surface area contributed by atoms with E-state index >= 15 is 0 Å². The first-order chi connectivity index (χ1) is 15.6. The van der Waals surface area contributed by atoms with Crippen molar-refractivity contribution in [1.82, 2.24) is 9.88 Å². The molecule has 3 rings (SSSR count). The van der Waals surface area contributed by atoms with Crippen LogP contribution in [0.1, 0.15) is 41.4 Å². The summed E-state index contributed by atoms with van der Waals surface area (Å²) in [5.74, 6) is 0.517. The molecule has 0 aliphatic carbocycles. The Morgan fingerprint density at radius 2 is 1.79 bits per heavy atom. The van der Waals surface area contributed by atoms with Crippen LogP contribution in [0.15, 0.2) is 42.5 Å². The molecule has 1 N–H and O–H groups in total. The maximum absolute atomic E-state index is 13.4. The molecule has 0 aliphatic rings. The first kappa shape index (κ1) is 25.1. The number of carbonyl (C=O) groups excluding carboxylic acids is 2. The smallest absolute Gasteiger partial charge is 0.262 e. The van der Waals surface area contributed by atoms with Crippen molar-refractivity contribution in [3.05, 3.63) is 64.3 Å². The minimum atomic E-state index is -1.55. The Hall–Kier alpha value is -2.57. The normalized spacial score (nSPS) is 12.6. The monoisotopic (exact) mass is 484 g/mol. The Balaban J connectivity index is 2.04. The first-order valence-corrected chi connectivity index (χ1v) is 15.3. The quantitative estimate of drug-likeness (QED) is 0.398. The molecule has 0 saturated heterocycles. The van der Waals surface area contributed by atoms with E-state index in [0.29, 0.717) is 16.3 Å². The number of nitrogens with one attached hydrogen (secondary N) is 1. The zero-order valence-electron chi connectivity index (χ0n) is 20.3. The molecule has 7 heteroatoms. The van der Waals surface area contributed by atoms with E-state index in [4.69, 9.17) is 16.3 Å². The van der Waals surface area contributed by atoms with Crippen LogP contribution in [-0.2, 0) is 11.2 Å². The summed E-state index contributed by atoms with van der Waals surface area (Å²) < 4.78 is 7.11. The van der Waals surface area contributed by atoms with Crippen molar-refractivity contribution in [3.8, 4) is 5.75 Å². The average Bonchev–Trinajstić information content (AvgIpc) is 3.03. The van der Waals surface area contributed by atoms with Crippen molar-refractivity contribution in [2.24, 2.45) is 0 Å². The fourth-order valence-electron chi connectivity index (χ4n) is 4.21. The van der Waals surface area contributed by atoms with Crippen LogP contribution in [0, 0.1) is 6.92 Å². The van der Waals surface area contributed by atoms with Gasteiger partial charge in [0.25, 0.3) is 5.91 Å². The molecule has 0 fully saturated rings. The van der Waals surface area contributed by atoms with Crippen molar-refractivity contribution in [2.75, 3.05) is 7.11 Å². The average molecular weight is 485 g/mol. The highest BCUT2D eigenvalue weighted by molar-refractivity contribution is 6.77. The number of nitrogens with zero attached hydrogens (tertiary/aromatic N) is 1. The van der Waals surface area contributed by atoms with Crippen LogP contribution in [0.25, 0.3) is 10.9 Å². The molecule has 1 amide bonds. The predicted octanol–water partition coefficient (Wildman–Crippen LogP) is 6.01. The number of halogens is 1. The zero-order chi connectivity index (χ0) is 24.3. The fraction of sp³-hybridized carbons (Fsp3) is 0.385. The molecule has 1 aromatic heterocycles. The number of benzene rings is 2. The second-order valence-electron chi connectivity index (χ2n) is 9.55. The van der Waals surface area contributed by atoms with Crippen LogP contribution >= 0.6 is 11.6 Å². The molecule has 0 saturated carbocycles. The van der Waals surface area contributed by atoms with Crippen LogP contribution in [0.3, 0.4) is 0 Å². The van der Waals surface area contributed by atoms with Crippen LogP contribution < -0.4 is 10.1 Å². The van der Waals surface area contributed by atoms with Gasteiger partial charge in [-0.3, -0.25) is 14.2 Å². The van der Waals surface area contributed by atoms with E-state index in [1.54, 1.807) is 35.9 Å². The summed E-state index contributed by atoms with van der Waals surface area (Å²) in [7, 11) is 0.0576. The molecule has 2 aromatic carbocycles. The Labute approximate surface area is 202 Å². The Morgan fingerprint density at radius 3 is 2.36 bits per heavy atom. The van der Waals surface area contributed by atoms with Crippen molar-refractivity contribution in [1.29, 1.82) is 0 Å². The van der Waals surface area contributed by atoms with Crippen molar-refractivity contribution in [3.63, 3.8) is 0 Å². The van der Waals surface area contributed by atoms with E-state index < -0.39 is 8.07 Å². The fourth-order valence-corrected chi connectivity index (χ4v) is 6.09. The molecule has 0 aliphatic heterocycles. The molecule has 33 heavy (non-hydrogen) atoms. The summed E-state index contributed by atoms with van der Waals surface area (Å²) in [6.07, 6.45) is 2.21. The third kappa shape index (κ3) is 5.50. The van der Waals surface area contributed by atoms with E-state index in [-0.39, 0.29) is 23.9 Å². The maximum atomic E-state index is 13.4. The van der Waals surface area contributed by atoms with E-state index in [1.165, 1.54) is 0 Å². The highest BCUT2D eigenvalue weighted by atomic mass is 35.5. The lowest BCUT2D eigenvalue weighted by Gasteiger charge is -2.29. The van der Waals surface area contributed by atoms with E-state index in [9.17, 15) is 9.59 Å². The molecule has 176 valence electrons. The second kappa shape index (κ2) is 10.1. The molecule has 0 spiro atoms. The molecule has 3 aromatic rings. The summed E-state index contributed by atoms with van der Waals surface area (Å²) in [5, 5.41) is 4.71. The number of hydrogen-bond acceptors (Lipinski definition) is 3. The van der Waals surface area contributed by atoms with E-state index in [2.05, 4.69) is 31.9 Å². The summed E-state index contributed by atoms with van der Waals surface area (Å²) in [5.41, 5.74) is 3.11. The molecule has 1 atom stereocenters. The highest BCUT2D eigenvalue weighted by Gasteiger charge is 2.28. The van der Waals surface area contributed by atoms with Crippen molar-refractivity contribution in [2.45, 2.75) is 58.4 Å². The maximum Gasteiger partial charge on any atom is 0.262 e. The number of methoxy groups -OCH3 is 1. The predicted molar refractivity (Wildman–Crippen MR) is 138 cm³/mol. The Kier molecular flexibility index (Phi) is 7.70. The van der Waals surface area contributed by atoms with Gasteiger partial charge in [-0.15, -0.1) is 0 Å². The van der Waals surface area contributed by atoms with Gasteiger partial charge in [0.1, 0.15) is 5.75 Å². The van der Waals surface area contributed by atoms with Crippen molar-refractivity contribution >= 4 is 42.4 Å². The highest BCUT2D eigenvalue weighted by Crippen LogP contribution is 2.31. The number of carbonyl (C=O) groups is 2. The van der Waals surface area contributed by atoms with Crippen LogP contribution in [0.4, 0.5) is 0 Å². The Bertz CT molecular complexity index is 1160. The summed E-state index contributed by atoms with van der Waals surface area (Å²) >= 11 is 6.01. The molecule has 1 heterocycles. The van der Waals surface area contributed by atoms with Gasteiger partial charge in [-0.1, -0.05) is 44.6 Å².